The van der Waals surface area contributed by atoms with Gasteiger partial charge in [-0.3, -0.25) is 9.36 Å². The summed E-state index contributed by atoms with van der Waals surface area (Å²) in [6.07, 6.45) is 6.34. The lowest BCUT2D eigenvalue weighted by Crippen LogP contribution is -2.38. The van der Waals surface area contributed by atoms with Crippen molar-refractivity contribution < 1.29 is 14.3 Å². The molecule has 2 aliphatic heterocycles. The number of carbonyl (C=O) groups excluding carboxylic acids is 1. The zero-order chi connectivity index (χ0) is 22.8. The first-order valence-corrected chi connectivity index (χ1v) is 12.8. The summed E-state index contributed by atoms with van der Waals surface area (Å²) in [6, 6.07) is 3.98. The third kappa shape index (κ3) is 4.72. The summed E-state index contributed by atoms with van der Waals surface area (Å²) < 4.78 is 13.1. The van der Waals surface area contributed by atoms with Crippen LogP contribution >= 0.6 is 22.9 Å². The van der Waals surface area contributed by atoms with Gasteiger partial charge in [0.25, 0.3) is 0 Å². The third-order valence-electron chi connectivity index (χ3n) is 6.45. The maximum atomic E-state index is 11.7. The fraction of sp³-hybridized carbons (Fsp3) is 0.565. The van der Waals surface area contributed by atoms with Crippen LogP contribution in [-0.4, -0.2) is 52.3 Å². The van der Waals surface area contributed by atoms with E-state index in [9.17, 15) is 4.79 Å². The predicted octanol–water partition coefficient (Wildman–Crippen LogP) is 5.08. The number of anilines is 1. The minimum atomic E-state index is -0.155. The molecule has 3 aromatic heterocycles. The molecule has 2 fully saturated rings. The number of piperidine rings is 1. The van der Waals surface area contributed by atoms with Gasteiger partial charge in [0.2, 0.25) is 5.95 Å². The van der Waals surface area contributed by atoms with Crippen molar-refractivity contribution in [3.05, 3.63) is 22.7 Å². The average molecular weight is 490 g/mol. The van der Waals surface area contributed by atoms with Crippen LogP contribution < -0.4 is 4.90 Å². The molecule has 2 saturated heterocycles. The van der Waals surface area contributed by atoms with Crippen molar-refractivity contribution in [3.63, 3.8) is 0 Å². The van der Waals surface area contributed by atoms with Crippen LogP contribution in [0.25, 0.3) is 21.9 Å². The number of thiophene rings is 1. The Bertz CT molecular complexity index is 1110. The van der Waals surface area contributed by atoms with Crippen molar-refractivity contribution in [2.24, 2.45) is 5.92 Å². The molecule has 0 spiro atoms. The second-order valence-corrected chi connectivity index (χ2v) is 9.97. The summed E-state index contributed by atoms with van der Waals surface area (Å²) >= 11 is 8.23. The molecule has 0 saturated carbocycles. The highest BCUT2D eigenvalue weighted by molar-refractivity contribution is 7.13. The molecule has 0 N–H and O–H groups in total. The van der Waals surface area contributed by atoms with Crippen LogP contribution in [0.15, 0.2) is 17.5 Å². The van der Waals surface area contributed by atoms with E-state index in [2.05, 4.69) is 14.5 Å². The highest BCUT2D eigenvalue weighted by Crippen LogP contribution is 2.37. The predicted molar refractivity (Wildman–Crippen MR) is 129 cm³/mol. The number of methoxy groups -OCH3 is 1. The van der Waals surface area contributed by atoms with E-state index in [4.69, 9.17) is 31.0 Å². The Labute approximate surface area is 201 Å². The van der Waals surface area contributed by atoms with Crippen LogP contribution in [0.3, 0.4) is 0 Å². The molecule has 0 amide bonds. The van der Waals surface area contributed by atoms with Gasteiger partial charge in [0.15, 0.2) is 16.6 Å². The lowest BCUT2D eigenvalue weighted by Gasteiger charge is -2.35. The van der Waals surface area contributed by atoms with Crippen molar-refractivity contribution in [1.82, 2.24) is 19.5 Å². The summed E-state index contributed by atoms with van der Waals surface area (Å²) in [5.41, 5.74) is 1.33. The van der Waals surface area contributed by atoms with Crippen LogP contribution in [0.2, 0.25) is 5.15 Å². The number of halogens is 1. The van der Waals surface area contributed by atoms with Crippen LogP contribution in [0, 0.1) is 5.92 Å². The third-order valence-corrected chi connectivity index (χ3v) is 7.58. The number of esters is 1. The van der Waals surface area contributed by atoms with Crippen molar-refractivity contribution in [2.75, 3.05) is 31.7 Å². The van der Waals surface area contributed by atoms with Crippen molar-refractivity contribution >= 4 is 46.0 Å². The van der Waals surface area contributed by atoms with Gasteiger partial charge in [-0.05, 0) is 55.9 Å². The highest BCUT2D eigenvalue weighted by atomic mass is 35.5. The van der Waals surface area contributed by atoms with Gasteiger partial charge in [0, 0.05) is 26.1 Å². The van der Waals surface area contributed by atoms with E-state index in [1.165, 1.54) is 7.11 Å². The second kappa shape index (κ2) is 9.95. The Kier molecular flexibility index (Phi) is 6.80. The first kappa shape index (κ1) is 22.6. The standard InChI is InChI=1S/C23H28ClN5O3S/c1-31-18(30)10-9-15-6-4-11-28(14-15)23-25-19-20(24)26-21(16-7-5-13-33-16)27-22(19)29(23)17-8-2-3-12-32-17/h5,7,13,15,17H,2-4,6,8-12,14H2,1H3. The van der Waals surface area contributed by atoms with Crippen molar-refractivity contribution in [1.29, 1.82) is 0 Å². The lowest BCUT2D eigenvalue weighted by atomic mass is 9.93. The molecular weight excluding hydrogens is 462 g/mol. The smallest absolute Gasteiger partial charge is 0.305 e. The van der Waals surface area contributed by atoms with Crippen LogP contribution in [0.1, 0.15) is 51.2 Å². The normalized spacial score (nSPS) is 21.5. The Morgan fingerprint density at radius 3 is 2.94 bits per heavy atom. The number of rotatable bonds is 6. The fourth-order valence-electron chi connectivity index (χ4n) is 4.77. The zero-order valence-corrected chi connectivity index (χ0v) is 20.3. The average Bonchev–Trinajstić information content (AvgIpc) is 3.52. The van der Waals surface area contributed by atoms with E-state index in [0.29, 0.717) is 28.8 Å². The maximum absolute atomic E-state index is 11.7. The highest BCUT2D eigenvalue weighted by Gasteiger charge is 2.30. The molecule has 5 rings (SSSR count). The Balaban J connectivity index is 1.53. The fourth-order valence-corrected chi connectivity index (χ4v) is 5.63. The topological polar surface area (TPSA) is 82.4 Å². The Morgan fingerprint density at radius 2 is 2.18 bits per heavy atom. The maximum Gasteiger partial charge on any atom is 0.305 e. The number of ether oxygens (including phenoxy) is 2. The molecule has 3 aromatic rings. The van der Waals surface area contributed by atoms with Gasteiger partial charge >= 0.3 is 5.97 Å². The molecule has 2 unspecified atom stereocenters. The molecule has 10 heteroatoms. The van der Waals surface area contributed by atoms with Crippen LogP contribution in [0.4, 0.5) is 5.95 Å². The molecule has 0 aromatic carbocycles. The molecule has 8 nitrogen and oxygen atoms in total. The second-order valence-electron chi connectivity index (χ2n) is 8.66. The summed E-state index contributed by atoms with van der Waals surface area (Å²) in [4.78, 5) is 29.3. The van der Waals surface area contributed by atoms with Gasteiger partial charge in [0.05, 0.1) is 12.0 Å². The molecule has 2 atom stereocenters. The number of carbonyl (C=O) groups is 1. The molecule has 33 heavy (non-hydrogen) atoms. The summed E-state index contributed by atoms with van der Waals surface area (Å²) in [5, 5.41) is 2.37. The van der Waals surface area contributed by atoms with Gasteiger partial charge in [-0.25, -0.2) is 15.0 Å². The van der Waals surface area contributed by atoms with Crippen molar-refractivity contribution in [2.45, 2.75) is 51.2 Å². The number of imidazole rings is 1. The van der Waals surface area contributed by atoms with Crippen molar-refractivity contribution in [3.8, 4) is 10.7 Å². The lowest BCUT2D eigenvalue weighted by molar-refractivity contribution is -0.140. The molecule has 5 heterocycles. The quantitative estimate of drug-likeness (QED) is 0.353. The first-order chi connectivity index (χ1) is 16.1. The van der Waals surface area contributed by atoms with Gasteiger partial charge in [-0.2, -0.15) is 0 Å². The molecule has 2 aliphatic rings. The monoisotopic (exact) mass is 489 g/mol. The van der Waals surface area contributed by atoms with Crippen LogP contribution in [-0.2, 0) is 14.3 Å². The molecule has 0 radical (unpaired) electrons. The SMILES string of the molecule is COC(=O)CCC1CCCN(c2nc3c(Cl)nc(-c4cccs4)nc3n2C2CCCCO2)C1. The van der Waals surface area contributed by atoms with E-state index in [1.54, 1.807) is 11.3 Å². The van der Waals surface area contributed by atoms with Gasteiger partial charge in [-0.1, -0.05) is 17.7 Å². The van der Waals surface area contributed by atoms with Gasteiger partial charge in [-0.15, -0.1) is 11.3 Å². The molecule has 0 bridgehead atoms. The van der Waals surface area contributed by atoms with E-state index in [1.807, 2.05) is 17.5 Å². The van der Waals surface area contributed by atoms with E-state index < -0.39 is 0 Å². The number of nitrogens with zero attached hydrogens (tertiary/aromatic N) is 5. The summed E-state index contributed by atoms with van der Waals surface area (Å²) in [5.74, 6) is 1.69. The number of hydrogen-bond acceptors (Lipinski definition) is 8. The Morgan fingerprint density at radius 1 is 1.27 bits per heavy atom. The Hall–Kier alpha value is -2.23. The summed E-state index contributed by atoms with van der Waals surface area (Å²) in [7, 11) is 1.44. The molecule has 176 valence electrons. The van der Waals surface area contributed by atoms with Gasteiger partial charge in [0.1, 0.15) is 11.7 Å². The number of fused-ring (bicyclic) bond motifs is 1. The first-order valence-electron chi connectivity index (χ1n) is 11.6. The largest absolute Gasteiger partial charge is 0.469 e. The number of hydrogen-bond donors (Lipinski definition) is 0. The molecular formula is C23H28ClN5O3S. The van der Waals surface area contributed by atoms with E-state index >= 15 is 0 Å². The van der Waals surface area contributed by atoms with Gasteiger partial charge < -0.3 is 14.4 Å². The molecule has 0 aliphatic carbocycles. The summed E-state index contributed by atoms with van der Waals surface area (Å²) in [6.45, 7) is 2.45. The van der Waals surface area contributed by atoms with E-state index in [0.717, 1.165) is 74.7 Å². The zero-order valence-electron chi connectivity index (χ0n) is 18.7. The van der Waals surface area contributed by atoms with Crippen LogP contribution in [0.5, 0.6) is 0 Å². The minimum absolute atomic E-state index is 0.128. The minimum Gasteiger partial charge on any atom is -0.469 e. The van der Waals surface area contributed by atoms with E-state index in [-0.39, 0.29) is 12.2 Å². The number of aromatic nitrogens is 4.